The molecule has 23 heavy (non-hydrogen) atoms. The molecule has 1 aliphatic rings. The van der Waals surface area contributed by atoms with E-state index in [9.17, 15) is 4.79 Å². The number of piperidine rings is 1. The molecule has 2 aromatic rings. The molecule has 1 atom stereocenters. The molecule has 1 N–H and O–H groups in total. The molecule has 0 radical (unpaired) electrons. The van der Waals surface area contributed by atoms with Gasteiger partial charge in [-0.2, -0.15) is 5.10 Å². The van der Waals surface area contributed by atoms with Crippen LogP contribution in [-0.2, 0) is 18.4 Å². The highest BCUT2D eigenvalue weighted by Crippen LogP contribution is 2.28. The minimum Gasteiger partial charge on any atom is -0.350 e. The molecule has 1 saturated heterocycles. The van der Waals surface area contributed by atoms with Crippen molar-refractivity contribution in [2.24, 2.45) is 7.05 Å². The van der Waals surface area contributed by atoms with E-state index in [-0.39, 0.29) is 11.9 Å². The van der Waals surface area contributed by atoms with E-state index in [1.54, 1.807) is 11.3 Å². The summed E-state index contributed by atoms with van der Waals surface area (Å²) in [5.41, 5.74) is 1.31. The van der Waals surface area contributed by atoms with Gasteiger partial charge in [0, 0.05) is 29.7 Å². The third-order valence-electron chi connectivity index (χ3n) is 4.75. The van der Waals surface area contributed by atoms with Gasteiger partial charge in [0.05, 0.1) is 12.6 Å². The van der Waals surface area contributed by atoms with Gasteiger partial charge in [0.25, 0.3) is 0 Å². The van der Waals surface area contributed by atoms with E-state index in [1.807, 2.05) is 36.3 Å². The van der Waals surface area contributed by atoms with Crippen molar-refractivity contribution in [1.29, 1.82) is 0 Å². The van der Waals surface area contributed by atoms with Crippen molar-refractivity contribution in [2.45, 2.75) is 38.3 Å². The van der Waals surface area contributed by atoms with Crippen LogP contribution in [0.25, 0.3) is 0 Å². The minimum atomic E-state index is -0.0672. The molecule has 124 valence electrons. The van der Waals surface area contributed by atoms with Gasteiger partial charge in [-0.25, -0.2) is 0 Å². The summed E-state index contributed by atoms with van der Waals surface area (Å²) in [4.78, 5) is 15.8. The Hall–Kier alpha value is -1.66. The topological polar surface area (TPSA) is 50.2 Å². The van der Waals surface area contributed by atoms with E-state index >= 15 is 0 Å². The van der Waals surface area contributed by atoms with Gasteiger partial charge in [-0.15, -0.1) is 11.3 Å². The SMILES string of the molecule is C[C@@H](C(=O)NCc1cccs1)N1CCC(c2ccnn2C)CC1. The summed E-state index contributed by atoms with van der Waals surface area (Å²) in [5.74, 6) is 0.678. The first-order chi connectivity index (χ1) is 11.1. The van der Waals surface area contributed by atoms with E-state index in [4.69, 9.17) is 0 Å². The number of amides is 1. The van der Waals surface area contributed by atoms with E-state index in [2.05, 4.69) is 27.4 Å². The van der Waals surface area contributed by atoms with Crippen molar-refractivity contribution in [3.63, 3.8) is 0 Å². The van der Waals surface area contributed by atoms with Crippen LogP contribution in [0.4, 0.5) is 0 Å². The van der Waals surface area contributed by atoms with E-state index in [0.29, 0.717) is 12.5 Å². The number of rotatable bonds is 5. The molecule has 0 unspecified atom stereocenters. The fraction of sp³-hybridized carbons (Fsp3) is 0.529. The van der Waals surface area contributed by atoms with Gasteiger partial charge in [-0.05, 0) is 50.4 Å². The standard InChI is InChI=1S/C17H24N4OS/c1-13(17(22)18-12-15-4-3-11-23-15)21-9-6-14(7-10-21)16-5-8-19-20(16)2/h3-5,8,11,13-14H,6-7,9-10,12H2,1-2H3,(H,18,22)/t13-/m0/s1. The second kappa shape index (κ2) is 7.27. The highest BCUT2D eigenvalue weighted by Gasteiger charge is 2.28. The minimum absolute atomic E-state index is 0.0672. The quantitative estimate of drug-likeness (QED) is 0.914. The summed E-state index contributed by atoms with van der Waals surface area (Å²) in [6.07, 6.45) is 4.03. The fourth-order valence-electron chi connectivity index (χ4n) is 3.27. The lowest BCUT2D eigenvalue weighted by Crippen LogP contribution is -2.47. The van der Waals surface area contributed by atoms with Gasteiger partial charge >= 0.3 is 0 Å². The Balaban J connectivity index is 1.48. The summed E-state index contributed by atoms with van der Waals surface area (Å²) in [7, 11) is 2.00. The molecule has 0 aliphatic carbocycles. The molecule has 5 nitrogen and oxygen atoms in total. The van der Waals surface area contributed by atoms with Crippen LogP contribution in [0.1, 0.15) is 36.3 Å². The normalized spacial score (nSPS) is 18.0. The second-order valence-electron chi connectivity index (χ2n) is 6.16. The van der Waals surface area contributed by atoms with Crippen LogP contribution in [0.2, 0.25) is 0 Å². The van der Waals surface area contributed by atoms with Crippen molar-refractivity contribution in [2.75, 3.05) is 13.1 Å². The first-order valence-electron chi connectivity index (χ1n) is 8.17. The van der Waals surface area contributed by atoms with E-state index < -0.39 is 0 Å². The lowest BCUT2D eigenvalue weighted by molar-refractivity contribution is -0.126. The molecule has 0 bridgehead atoms. The maximum Gasteiger partial charge on any atom is 0.237 e. The van der Waals surface area contributed by atoms with Gasteiger partial charge in [0.2, 0.25) is 5.91 Å². The van der Waals surface area contributed by atoms with E-state index in [0.717, 1.165) is 25.9 Å². The maximum absolute atomic E-state index is 12.3. The van der Waals surface area contributed by atoms with Crippen molar-refractivity contribution < 1.29 is 4.79 Å². The van der Waals surface area contributed by atoms with Crippen LogP contribution in [0.15, 0.2) is 29.8 Å². The smallest absolute Gasteiger partial charge is 0.237 e. The Bertz CT molecular complexity index is 629. The molecular formula is C17H24N4OS. The Kier molecular flexibility index (Phi) is 5.13. The van der Waals surface area contributed by atoms with Crippen molar-refractivity contribution in [1.82, 2.24) is 20.0 Å². The molecule has 0 saturated carbocycles. The summed E-state index contributed by atoms with van der Waals surface area (Å²) in [5, 5.41) is 9.34. The molecule has 0 spiro atoms. The van der Waals surface area contributed by atoms with Gasteiger partial charge in [0.15, 0.2) is 0 Å². The Morgan fingerprint density at radius 1 is 1.43 bits per heavy atom. The summed E-state index contributed by atoms with van der Waals surface area (Å²) in [6.45, 7) is 4.56. The molecule has 2 aromatic heterocycles. The zero-order valence-corrected chi connectivity index (χ0v) is 14.6. The number of hydrogen-bond donors (Lipinski definition) is 1. The van der Waals surface area contributed by atoms with Crippen LogP contribution >= 0.6 is 11.3 Å². The number of thiophene rings is 1. The summed E-state index contributed by atoms with van der Waals surface area (Å²) < 4.78 is 1.97. The maximum atomic E-state index is 12.3. The predicted octanol–water partition coefficient (Wildman–Crippen LogP) is 2.37. The predicted molar refractivity (Wildman–Crippen MR) is 92.4 cm³/mol. The van der Waals surface area contributed by atoms with Crippen molar-refractivity contribution >= 4 is 17.2 Å². The Labute approximate surface area is 141 Å². The number of nitrogens with one attached hydrogen (secondary N) is 1. The third kappa shape index (κ3) is 3.82. The Morgan fingerprint density at radius 3 is 2.83 bits per heavy atom. The largest absolute Gasteiger partial charge is 0.350 e. The number of nitrogens with zero attached hydrogens (tertiary/aromatic N) is 3. The van der Waals surface area contributed by atoms with Crippen LogP contribution in [-0.4, -0.2) is 39.7 Å². The highest BCUT2D eigenvalue weighted by molar-refractivity contribution is 7.09. The van der Waals surface area contributed by atoms with Crippen molar-refractivity contribution in [3.8, 4) is 0 Å². The van der Waals surface area contributed by atoms with Crippen LogP contribution in [0.3, 0.4) is 0 Å². The zero-order valence-electron chi connectivity index (χ0n) is 13.7. The van der Waals surface area contributed by atoms with E-state index in [1.165, 1.54) is 10.6 Å². The summed E-state index contributed by atoms with van der Waals surface area (Å²) >= 11 is 1.68. The van der Waals surface area contributed by atoms with Crippen LogP contribution in [0.5, 0.6) is 0 Å². The molecular weight excluding hydrogens is 308 g/mol. The number of carbonyl (C=O) groups is 1. The van der Waals surface area contributed by atoms with Gasteiger partial charge in [-0.1, -0.05) is 6.07 Å². The lowest BCUT2D eigenvalue weighted by atomic mass is 9.92. The molecule has 1 amide bonds. The molecule has 1 fully saturated rings. The number of aryl methyl sites for hydroxylation is 1. The van der Waals surface area contributed by atoms with Gasteiger partial charge in [-0.3, -0.25) is 14.4 Å². The number of carbonyl (C=O) groups excluding carboxylic acids is 1. The number of aromatic nitrogens is 2. The highest BCUT2D eigenvalue weighted by atomic mass is 32.1. The molecule has 6 heteroatoms. The van der Waals surface area contributed by atoms with Gasteiger partial charge < -0.3 is 5.32 Å². The average molecular weight is 332 g/mol. The second-order valence-corrected chi connectivity index (χ2v) is 7.20. The number of hydrogen-bond acceptors (Lipinski definition) is 4. The lowest BCUT2D eigenvalue weighted by Gasteiger charge is -2.35. The first kappa shape index (κ1) is 16.2. The zero-order chi connectivity index (χ0) is 16.2. The van der Waals surface area contributed by atoms with Crippen molar-refractivity contribution in [3.05, 3.63) is 40.3 Å². The molecule has 3 heterocycles. The van der Waals surface area contributed by atoms with Crippen LogP contribution in [0, 0.1) is 0 Å². The van der Waals surface area contributed by atoms with Gasteiger partial charge in [0.1, 0.15) is 0 Å². The monoisotopic (exact) mass is 332 g/mol. The summed E-state index contributed by atoms with van der Waals surface area (Å²) in [6, 6.07) is 6.10. The molecule has 3 rings (SSSR count). The Morgan fingerprint density at radius 2 is 2.22 bits per heavy atom. The molecule has 1 aliphatic heterocycles. The average Bonchev–Trinajstić information content (AvgIpc) is 3.23. The number of likely N-dealkylation sites (tertiary alicyclic amines) is 1. The van der Waals surface area contributed by atoms with Crippen LogP contribution < -0.4 is 5.32 Å². The third-order valence-corrected chi connectivity index (χ3v) is 5.63. The fourth-order valence-corrected chi connectivity index (χ4v) is 3.91. The molecule has 0 aromatic carbocycles. The first-order valence-corrected chi connectivity index (χ1v) is 9.05.